The predicted molar refractivity (Wildman–Crippen MR) is 95.1 cm³/mol. The van der Waals surface area contributed by atoms with E-state index in [1.807, 2.05) is 0 Å². The van der Waals surface area contributed by atoms with Gasteiger partial charge in [0.25, 0.3) is 0 Å². The smallest absolute Gasteiger partial charge is 0.157 e. The number of allylic oxidation sites excluding steroid dienone is 4. The summed E-state index contributed by atoms with van der Waals surface area (Å²) < 4.78 is 12.1. The Morgan fingerprint density at radius 2 is 2.04 bits per heavy atom. The summed E-state index contributed by atoms with van der Waals surface area (Å²) in [5.74, 6) is 4.08. The largest absolute Gasteiger partial charge is 0.353 e. The van der Waals surface area contributed by atoms with Crippen LogP contribution < -0.4 is 0 Å². The molecule has 2 nitrogen and oxygen atoms in total. The maximum Gasteiger partial charge on any atom is 0.157 e. The minimum absolute atomic E-state index is 0.00454. The second kappa shape index (κ2) is 8.48. The van der Waals surface area contributed by atoms with E-state index >= 15 is 0 Å². The van der Waals surface area contributed by atoms with E-state index in [0.717, 1.165) is 49.2 Å². The molecule has 0 aromatic carbocycles. The zero-order chi connectivity index (χ0) is 16.1. The average Bonchev–Trinajstić information content (AvgIpc) is 3.28. The van der Waals surface area contributed by atoms with Crippen LogP contribution in [0.2, 0.25) is 0 Å². The van der Waals surface area contributed by atoms with Gasteiger partial charge in [-0.2, -0.15) is 0 Å². The molecule has 23 heavy (non-hydrogen) atoms. The van der Waals surface area contributed by atoms with Gasteiger partial charge >= 0.3 is 0 Å². The summed E-state index contributed by atoms with van der Waals surface area (Å²) >= 11 is 0. The fourth-order valence-corrected chi connectivity index (χ4v) is 4.82. The van der Waals surface area contributed by atoms with Crippen LogP contribution in [0.25, 0.3) is 0 Å². The Hall–Kier alpha value is -0.600. The maximum atomic E-state index is 6.07. The summed E-state index contributed by atoms with van der Waals surface area (Å²) in [5.41, 5.74) is 0. The molecular weight excluding hydrogens is 284 g/mol. The molecule has 0 heterocycles. The van der Waals surface area contributed by atoms with Crippen molar-refractivity contribution in [2.75, 3.05) is 13.2 Å². The van der Waals surface area contributed by atoms with E-state index in [1.54, 1.807) is 0 Å². The van der Waals surface area contributed by atoms with E-state index in [0.29, 0.717) is 0 Å². The Morgan fingerprint density at radius 3 is 2.74 bits per heavy atom. The first-order chi connectivity index (χ1) is 11.3. The van der Waals surface area contributed by atoms with Crippen LogP contribution in [-0.2, 0) is 9.47 Å². The van der Waals surface area contributed by atoms with Crippen LogP contribution in [0.1, 0.15) is 58.8 Å². The van der Waals surface area contributed by atoms with Crippen LogP contribution in [0.5, 0.6) is 0 Å². The molecule has 0 aromatic rings. The van der Waals surface area contributed by atoms with Gasteiger partial charge in [0.05, 0.1) is 13.2 Å². The Bertz CT molecular complexity index is 414. The summed E-state index contributed by atoms with van der Waals surface area (Å²) in [6.07, 6.45) is 18.3. The molecule has 2 fully saturated rings. The van der Waals surface area contributed by atoms with Gasteiger partial charge in [0.2, 0.25) is 0 Å². The van der Waals surface area contributed by atoms with Crippen LogP contribution in [0.3, 0.4) is 0 Å². The van der Waals surface area contributed by atoms with Crippen molar-refractivity contribution in [1.82, 2.24) is 0 Å². The highest BCUT2D eigenvalue weighted by Gasteiger charge is 2.35. The zero-order valence-corrected chi connectivity index (χ0v) is 15.0. The molecule has 2 saturated carbocycles. The maximum absolute atomic E-state index is 6.07. The third-order valence-electron chi connectivity index (χ3n) is 6.11. The highest BCUT2D eigenvalue weighted by atomic mass is 16.7. The van der Waals surface area contributed by atoms with Gasteiger partial charge in [-0.25, -0.2) is 0 Å². The van der Waals surface area contributed by atoms with Gasteiger partial charge in [-0.1, -0.05) is 31.2 Å². The lowest BCUT2D eigenvalue weighted by Gasteiger charge is -2.22. The van der Waals surface area contributed by atoms with Crippen molar-refractivity contribution < 1.29 is 9.47 Å². The summed E-state index contributed by atoms with van der Waals surface area (Å²) in [4.78, 5) is 0. The lowest BCUT2D eigenvalue weighted by Crippen LogP contribution is -2.22. The van der Waals surface area contributed by atoms with Crippen molar-refractivity contribution in [3.05, 3.63) is 24.3 Å². The second-order valence-electron chi connectivity index (χ2n) is 7.84. The summed E-state index contributed by atoms with van der Waals surface area (Å²) in [6.45, 7) is 6.04. The molecule has 0 saturated heterocycles. The molecule has 3 aliphatic carbocycles. The normalized spacial score (nSPS) is 37.2. The summed E-state index contributed by atoms with van der Waals surface area (Å²) in [5, 5.41) is 0. The molecule has 0 aromatic heterocycles. The Labute approximate surface area is 142 Å². The van der Waals surface area contributed by atoms with Crippen LogP contribution in [-0.4, -0.2) is 19.5 Å². The minimum Gasteiger partial charge on any atom is -0.353 e. The van der Waals surface area contributed by atoms with Crippen LogP contribution in [0, 0.1) is 29.6 Å². The van der Waals surface area contributed by atoms with Crippen molar-refractivity contribution in [2.24, 2.45) is 29.6 Å². The number of hydrogen-bond acceptors (Lipinski definition) is 2. The van der Waals surface area contributed by atoms with Crippen molar-refractivity contribution in [3.63, 3.8) is 0 Å². The van der Waals surface area contributed by atoms with E-state index < -0.39 is 0 Å². The van der Waals surface area contributed by atoms with E-state index in [1.165, 1.54) is 38.5 Å². The fraction of sp³-hybridized carbons (Fsp3) is 0.810. The molecular formula is C21H34O2. The molecule has 0 spiro atoms. The highest BCUT2D eigenvalue weighted by molar-refractivity contribution is 5.09. The first kappa shape index (κ1) is 17.2. The third kappa shape index (κ3) is 4.70. The van der Waals surface area contributed by atoms with Crippen LogP contribution >= 0.6 is 0 Å². The van der Waals surface area contributed by atoms with Gasteiger partial charge in [0.1, 0.15) is 0 Å². The molecule has 0 N–H and O–H groups in total. The second-order valence-corrected chi connectivity index (χ2v) is 7.84. The molecule has 0 radical (unpaired) electrons. The van der Waals surface area contributed by atoms with E-state index in [9.17, 15) is 0 Å². The Kier molecular flexibility index (Phi) is 6.36. The summed E-state index contributed by atoms with van der Waals surface area (Å²) in [6, 6.07) is 0. The predicted octanol–water partition coefficient (Wildman–Crippen LogP) is 5.35. The third-order valence-corrected chi connectivity index (χ3v) is 6.11. The van der Waals surface area contributed by atoms with Crippen molar-refractivity contribution in [3.8, 4) is 0 Å². The molecule has 6 unspecified atom stereocenters. The highest BCUT2D eigenvalue weighted by Crippen LogP contribution is 2.44. The molecule has 3 aliphatic rings. The Balaban J connectivity index is 1.30. The molecule has 2 heteroatoms. The quantitative estimate of drug-likeness (QED) is 0.421. The van der Waals surface area contributed by atoms with Crippen molar-refractivity contribution in [1.29, 1.82) is 0 Å². The lowest BCUT2D eigenvalue weighted by molar-refractivity contribution is -0.153. The summed E-state index contributed by atoms with van der Waals surface area (Å²) in [7, 11) is 0. The molecule has 3 rings (SSSR count). The number of fused-ring (bicyclic) bond motifs is 2. The molecule has 0 aliphatic heterocycles. The van der Waals surface area contributed by atoms with Crippen molar-refractivity contribution in [2.45, 2.75) is 65.1 Å². The minimum atomic E-state index is 0.00454. The first-order valence-corrected chi connectivity index (χ1v) is 9.82. The van der Waals surface area contributed by atoms with Gasteiger partial charge in [-0.3, -0.25) is 0 Å². The monoisotopic (exact) mass is 318 g/mol. The SMILES string of the molecule is C/C=C\C1CCC(COC(CC)OCCC2CC3C=CC2C3)C1. The molecule has 130 valence electrons. The topological polar surface area (TPSA) is 18.5 Å². The number of rotatable bonds is 9. The van der Waals surface area contributed by atoms with E-state index in [4.69, 9.17) is 9.47 Å². The van der Waals surface area contributed by atoms with E-state index in [-0.39, 0.29) is 6.29 Å². The van der Waals surface area contributed by atoms with Gasteiger partial charge in [-0.15, -0.1) is 0 Å². The van der Waals surface area contributed by atoms with Gasteiger partial charge in [0.15, 0.2) is 6.29 Å². The van der Waals surface area contributed by atoms with Crippen molar-refractivity contribution >= 4 is 0 Å². The molecule has 2 bridgehead atoms. The number of hydrogen-bond donors (Lipinski definition) is 0. The van der Waals surface area contributed by atoms with Gasteiger partial charge in [-0.05, 0) is 81.5 Å². The van der Waals surface area contributed by atoms with Crippen LogP contribution in [0.4, 0.5) is 0 Å². The fourth-order valence-electron chi connectivity index (χ4n) is 4.82. The first-order valence-electron chi connectivity index (χ1n) is 9.82. The average molecular weight is 319 g/mol. The lowest BCUT2D eigenvalue weighted by atomic mass is 9.91. The van der Waals surface area contributed by atoms with Gasteiger partial charge < -0.3 is 9.47 Å². The van der Waals surface area contributed by atoms with E-state index in [2.05, 4.69) is 38.2 Å². The standard InChI is InChI=1S/C21H34O2/c1-3-5-16-6-7-18(12-16)15-23-21(4-2)22-11-10-20-14-17-8-9-19(20)13-17/h3,5,8-9,16-21H,4,6-7,10-15H2,1-2H3/b5-3-. The molecule has 6 atom stereocenters. The van der Waals surface area contributed by atoms with Crippen LogP contribution in [0.15, 0.2) is 24.3 Å². The van der Waals surface area contributed by atoms with Gasteiger partial charge in [0, 0.05) is 0 Å². The number of ether oxygens (including phenoxy) is 2. The molecule has 0 amide bonds. The Morgan fingerprint density at radius 1 is 1.13 bits per heavy atom. The zero-order valence-electron chi connectivity index (χ0n) is 15.0.